The number of hydrogen-bond acceptors (Lipinski definition) is 5. The van der Waals surface area contributed by atoms with Crippen molar-refractivity contribution in [3.8, 4) is 0 Å². The second-order valence-corrected chi connectivity index (χ2v) is 9.87. The van der Waals surface area contributed by atoms with Gasteiger partial charge in [-0.15, -0.1) is 23.7 Å². The molecule has 158 valence electrons. The van der Waals surface area contributed by atoms with Crippen LogP contribution in [0.3, 0.4) is 0 Å². The van der Waals surface area contributed by atoms with Gasteiger partial charge < -0.3 is 4.90 Å². The molecule has 0 unspecified atom stereocenters. The van der Waals surface area contributed by atoms with Crippen molar-refractivity contribution in [2.24, 2.45) is 0 Å². The monoisotopic (exact) mass is 491 g/mol. The van der Waals surface area contributed by atoms with Gasteiger partial charge in [-0.05, 0) is 50.2 Å². The van der Waals surface area contributed by atoms with Crippen molar-refractivity contribution in [3.05, 3.63) is 43.6 Å². The van der Waals surface area contributed by atoms with E-state index in [1.54, 1.807) is 11.0 Å². The highest BCUT2D eigenvalue weighted by atomic mass is 35.5. The van der Waals surface area contributed by atoms with Gasteiger partial charge in [-0.3, -0.25) is 9.69 Å². The smallest absolute Gasteiger partial charge is 0.262 e. The number of fused-ring (bicyclic) bond motifs is 1. The molecule has 0 atom stereocenters. The van der Waals surface area contributed by atoms with Gasteiger partial charge in [0.25, 0.3) is 5.91 Å². The Labute approximate surface area is 195 Å². The Bertz CT molecular complexity index is 998. The molecule has 0 aliphatic rings. The summed E-state index contributed by atoms with van der Waals surface area (Å²) in [5.74, 6) is -0.159. The van der Waals surface area contributed by atoms with Crippen LogP contribution in [0.25, 0.3) is 10.2 Å². The van der Waals surface area contributed by atoms with E-state index in [-0.39, 0.29) is 18.3 Å². The van der Waals surface area contributed by atoms with E-state index in [2.05, 4.69) is 44.7 Å². The summed E-state index contributed by atoms with van der Waals surface area (Å²) in [6.45, 7) is 11.6. The molecule has 0 N–H and O–H groups in total. The molecular weight excluding hydrogens is 469 g/mol. The second kappa shape index (κ2) is 10.4. The molecule has 3 aromatic rings. The number of thiazole rings is 1. The highest BCUT2D eigenvalue weighted by Gasteiger charge is 2.25. The molecule has 0 saturated carbocycles. The van der Waals surface area contributed by atoms with Crippen molar-refractivity contribution in [2.45, 2.75) is 27.7 Å². The van der Waals surface area contributed by atoms with Gasteiger partial charge in [0.15, 0.2) is 5.13 Å². The predicted molar refractivity (Wildman–Crippen MR) is 130 cm³/mol. The van der Waals surface area contributed by atoms with Gasteiger partial charge in [-0.2, -0.15) is 0 Å². The quantitative estimate of drug-likeness (QED) is 0.368. The lowest BCUT2D eigenvalue weighted by Gasteiger charge is -2.24. The van der Waals surface area contributed by atoms with Gasteiger partial charge in [-0.25, -0.2) is 4.98 Å². The van der Waals surface area contributed by atoms with Crippen molar-refractivity contribution in [2.75, 3.05) is 31.1 Å². The van der Waals surface area contributed by atoms with Crippen LogP contribution in [0.15, 0.2) is 18.2 Å². The standard InChI is InChI=1S/C20H23Cl2N3OS2.ClH/c1-5-24(6-2)9-10-25(19(26)14-11-16(21)28-18(14)22)20-23-17-13(4)12(3)7-8-15(17)27-20;/h7-8,11H,5-6,9-10H2,1-4H3;1H. The third-order valence-electron chi connectivity index (χ3n) is 4.97. The molecular formula is C20H24Cl3N3OS2. The molecule has 0 spiro atoms. The predicted octanol–water partition coefficient (Wildman–Crippen LogP) is 6.69. The Balaban J connectivity index is 0.00000300. The summed E-state index contributed by atoms with van der Waals surface area (Å²) >= 11 is 15.1. The van der Waals surface area contributed by atoms with Crippen LogP contribution in [-0.2, 0) is 0 Å². The van der Waals surface area contributed by atoms with Crippen LogP contribution < -0.4 is 4.90 Å². The number of aryl methyl sites for hydroxylation is 2. The molecule has 1 aromatic carbocycles. The number of hydrogen-bond donors (Lipinski definition) is 0. The third-order valence-corrected chi connectivity index (χ3v) is 7.50. The first-order chi connectivity index (χ1) is 13.3. The van der Waals surface area contributed by atoms with Crippen LogP contribution in [-0.4, -0.2) is 42.0 Å². The number of amides is 1. The molecule has 1 amide bonds. The van der Waals surface area contributed by atoms with Crippen LogP contribution in [0.4, 0.5) is 5.13 Å². The maximum atomic E-state index is 13.3. The van der Waals surface area contributed by atoms with E-state index in [9.17, 15) is 4.79 Å². The summed E-state index contributed by atoms with van der Waals surface area (Å²) in [7, 11) is 0. The van der Waals surface area contributed by atoms with Gasteiger partial charge in [0.2, 0.25) is 0 Å². The minimum absolute atomic E-state index is 0. The van der Waals surface area contributed by atoms with Crippen LogP contribution in [0.1, 0.15) is 35.3 Å². The zero-order valence-corrected chi connectivity index (χ0v) is 20.8. The van der Waals surface area contributed by atoms with Gasteiger partial charge in [-0.1, -0.05) is 54.5 Å². The van der Waals surface area contributed by atoms with E-state index in [0.717, 1.165) is 35.4 Å². The number of anilines is 1. The summed E-state index contributed by atoms with van der Waals surface area (Å²) in [4.78, 5) is 22.2. The van der Waals surface area contributed by atoms with Crippen LogP contribution in [0.5, 0.6) is 0 Å². The van der Waals surface area contributed by atoms with E-state index in [1.165, 1.54) is 28.2 Å². The van der Waals surface area contributed by atoms with Crippen molar-refractivity contribution in [1.82, 2.24) is 9.88 Å². The minimum Gasteiger partial charge on any atom is -0.302 e. The Morgan fingerprint density at radius 2 is 1.79 bits per heavy atom. The van der Waals surface area contributed by atoms with E-state index in [0.29, 0.717) is 25.9 Å². The summed E-state index contributed by atoms with van der Waals surface area (Å²) in [5, 5.41) is 0.694. The van der Waals surface area contributed by atoms with Crippen molar-refractivity contribution >= 4 is 79.5 Å². The molecule has 0 bridgehead atoms. The lowest BCUT2D eigenvalue weighted by Crippen LogP contribution is -2.38. The highest BCUT2D eigenvalue weighted by Crippen LogP contribution is 2.36. The zero-order valence-electron chi connectivity index (χ0n) is 16.8. The average Bonchev–Trinajstić information content (AvgIpc) is 3.24. The van der Waals surface area contributed by atoms with Crippen molar-refractivity contribution < 1.29 is 4.79 Å². The molecule has 2 heterocycles. The van der Waals surface area contributed by atoms with Crippen molar-refractivity contribution in [1.29, 1.82) is 0 Å². The van der Waals surface area contributed by atoms with E-state index >= 15 is 0 Å². The summed E-state index contributed by atoms with van der Waals surface area (Å²) in [5.41, 5.74) is 3.73. The third kappa shape index (κ3) is 5.24. The SMILES string of the molecule is CCN(CC)CCN(C(=O)c1cc(Cl)sc1Cl)c1nc2c(C)c(C)ccc2s1.Cl. The Hall–Kier alpha value is -0.890. The van der Waals surface area contributed by atoms with Gasteiger partial charge in [0.1, 0.15) is 4.34 Å². The van der Waals surface area contributed by atoms with Gasteiger partial charge >= 0.3 is 0 Å². The first kappa shape index (κ1) is 24.4. The largest absolute Gasteiger partial charge is 0.302 e. The molecule has 29 heavy (non-hydrogen) atoms. The van der Waals surface area contributed by atoms with E-state index in [1.807, 2.05) is 0 Å². The highest BCUT2D eigenvalue weighted by molar-refractivity contribution is 7.22. The Morgan fingerprint density at radius 1 is 1.10 bits per heavy atom. The first-order valence-corrected chi connectivity index (χ1v) is 11.6. The number of rotatable bonds is 7. The molecule has 9 heteroatoms. The Kier molecular flexibility index (Phi) is 8.76. The first-order valence-electron chi connectivity index (χ1n) is 9.21. The van der Waals surface area contributed by atoms with Crippen LogP contribution in [0.2, 0.25) is 8.67 Å². The maximum absolute atomic E-state index is 13.3. The summed E-state index contributed by atoms with van der Waals surface area (Å²) in [6.07, 6.45) is 0. The summed E-state index contributed by atoms with van der Waals surface area (Å²) < 4.78 is 2.00. The minimum atomic E-state index is -0.159. The van der Waals surface area contributed by atoms with Gasteiger partial charge in [0, 0.05) is 13.1 Å². The number of likely N-dealkylation sites (N-methyl/N-ethyl adjacent to an activating group) is 1. The second-order valence-electron chi connectivity index (χ2n) is 6.57. The summed E-state index contributed by atoms with van der Waals surface area (Å²) in [6, 6.07) is 5.81. The molecule has 0 fully saturated rings. The number of halogens is 3. The number of nitrogens with zero attached hydrogens (tertiary/aromatic N) is 3. The molecule has 0 saturated heterocycles. The number of aromatic nitrogens is 1. The molecule has 0 aliphatic heterocycles. The lowest BCUT2D eigenvalue weighted by atomic mass is 10.1. The van der Waals surface area contributed by atoms with Crippen molar-refractivity contribution in [3.63, 3.8) is 0 Å². The molecule has 2 aromatic heterocycles. The molecule has 4 nitrogen and oxygen atoms in total. The number of thiophene rings is 1. The molecule has 0 radical (unpaired) electrons. The maximum Gasteiger partial charge on any atom is 0.262 e. The fraction of sp³-hybridized carbons (Fsp3) is 0.400. The topological polar surface area (TPSA) is 36.4 Å². The fourth-order valence-corrected chi connectivity index (χ4v) is 5.52. The number of carbonyl (C=O) groups excluding carboxylic acids is 1. The normalized spacial score (nSPS) is 11.1. The number of carbonyl (C=O) groups is 1. The van der Waals surface area contributed by atoms with Crippen LogP contribution >= 0.6 is 58.3 Å². The Morgan fingerprint density at radius 3 is 2.38 bits per heavy atom. The van der Waals surface area contributed by atoms with E-state index < -0.39 is 0 Å². The number of benzene rings is 1. The zero-order chi connectivity index (χ0) is 20.4. The molecule has 0 aliphatic carbocycles. The van der Waals surface area contributed by atoms with Gasteiger partial charge in [0.05, 0.1) is 20.1 Å². The average molecular weight is 493 g/mol. The fourth-order valence-electron chi connectivity index (χ4n) is 3.03. The molecule has 3 rings (SSSR count). The van der Waals surface area contributed by atoms with E-state index in [4.69, 9.17) is 28.2 Å². The van der Waals surface area contributed by atoms with Crippen LogP contribution in [0, 0.1) is 13.8 Å². The lowest BCUT2D eigenvalue weighted by molar-refractivity contribution is 0.0984.